The summed E-state index contributed by atoms with van der Waals surface area (Å²) in [6.07, 6.45) is 7.78. The summed E-state index contributed by atoms with van der Waals surface area (Å²) < 4.78 is 0. The average Bonchev–Trinajstić information content (AvgIpc) is 2.20. The molecule has 2 heteroatoms. The Labute approximate surface area is 91.9 Å². The average molecular weight is 204 g/mol. The van der Waals surface area contributed by atoms with Crippen LogP contribution in [0.25, 0.3) is 0 Å². The molecule has 0 radical (unpaired) electrons. The van der Waals surface area contributed by atoms with Crippen molar-refractivity contribution in [3.63, 3.8) is 0 Å². The number of aryl methyl sites for hydroxylation is 2. The van der Waals surface area contributed by atoms with Crippen molar-refractivity contribution in [1.82, 2.24) is 0 Å². The van der Waals surface area contributed by atoms with E-state index >= 15 is 0 Å². The number of hydrogen-bond acceptors (Lipinski definition) is 2. The predicted octanol–water partition coefficient (Wildman–Crippen LogP) is 2.97. The van der Waals surface area contributed by atoms with Crippen molar-refractivity contribution in [2.45, 2.75) is 38.5 Å². The highest BCUT2D eigenvalue weighted by molar-refractivity contribution is 5.68. The molecule has 0 aliphatic heterocycles. The summed E-state index contributed by atoms with van der Waals surface area (Å²) >= 11 is 0. The maximum atomic E-state index is 5.98. The number of nitrogens with one attached hydrogen (secondary N) is 1. The minimum Gasteiger partial charge on any atom is -0.397 e. The molecule has 0 saturated carbocycles. The molecule has 3 N–H and O–H groups in total. The van der Waals surface area contributed by atoms with Gasteiger partial charge in [0, 0.05) is 7.05 Å². The second-order valence-corrected chi connectivity index (χ2v) is 4.37. The summed E-state index contributed by atoms with van der Waals surface area (Å²) in [6, 6.07) is 4.39. The molecule has 0 saturated heterocycles. The first-order chi connectivity index (χ1) is 7.31. The molecule has 2 nitrogen and oxygen atoms in total. The minimum absolute atomic E-state index is 0.886. The summed E-state index contributed by atoms with van der Waals surface area (Å²) in [4.78, 5) is 0. The van der Waals surface area contributed by atoms with E-state index in [2.05, 4.69) is 17.4 Å². The van der Waals surface area contributed by atoms with Crippen LogP contribution < -0.4 is 11.1 Å². The third kappa shape index (κ3) is 2.25. The van der Waals surface area contributed by atoms with E-state index < -0.39 is 0 Å². The van der Waals surface area contributed by atoms with Crippen molar-refractivity contribution < 1.29 is 0 Å². The molecule has 0 spiro atoms. The first-order valence-corrected chi connectivity index (χ1v) is 5.90. The Bertz CT molecular complexity index is 345. The van der Waals surface area contributed by atoms with Gasteiger partial charge in [-0.3, -0.25) is 0 Å². The Morgan fingerprint density at radius 3 is 2.20 bits per heavy atom. The van der Waals surface area contributed by atoms with Crippen LogP contribution in [-0.2, 0) is 12.8 Å². The van der Waals surface area contributed by atoms with Gasteiger partial charge < -0.3 is 11.1 Å². The number of benzene rings is 1. The fraction of sp³-hybridized carbons (Fsp3) is 0.538. The minimum atomic E-state index is 0.886. The molecular weight excluding hydrogens is 184 g/mol. The van der Waals surface area contributed by atoms with Crippen LogP contribution in [0, 0.1) is 0 Å². The zero-order chi connectivity index (χ0) is 10.7. The number of hydrogen-bond donors (Lipinski definition) is 2. The maximum absolute atomic E-state index is 5.98. The molecule has 0 amide bonds. The molecule has 1 aromatic rings. The molecule has 2 rings (SSSR count). The predicted molar refractivity (Wildman–Crippen MR) is 66.3 cm³/mol. The normalized spacial score (nSPS) is 16.3. The van der Waals surface area contributed by atoms with E-state index in [1.807, 2.05) is 7.05 Å². The number of anilines is 2. The second kappa shape index (κ2) is 4.56. The Kier molecular flexibility index (Phi) is 3.14. The van der Waals surface area contributed by atoms with Gasteiger partial charge in [-0.05, 0) is 48.9 Å². The molecule has 0 aromatic heterocycles. The van der Waals surface area contributed by atoms with Crippen molar-refractivity contribution in [2.24, 2.45) is 0 Å². The van der Waals surface area contributed by atoms with E-state index in [1.165, 1.54) is 49.7 Å². The van der Waals surface area contributed by atoms with Gasteiger partial charge in [-0.2, -0.15) is 0 Å². The highest BCUT2D eigenvalue weighted by Gasteiger charge is 2.09. The van der Waals surface area contributed by atoms with Crippen molar-refractivity contribution >= 4 is 11.4 Å². The van der Waals surface area contributed by atoms with Gasteiger partial charge in [-0.1, -0.05) is 12.8 Å². The summed E-state index contributed by atoms with van der Waals surface area (Å²) in [5, 5.41) is 3.16. The summed E-state index contributed by atoms with van der Waals surface area (Å²) in [6.45, 7) is 0. The third-order valence-electron chi connectivity index (χ3n) is 3.28. The zero-order valence-corrected chi connectivity index (χ0v) is 9.47. The SMILES string of the molecule is CNc1cc2c(cc1N)CCCCCC2. The molecule has 0 bridgehead atoms. The third-order valence-corrected chi connectivity index (χ3v) is 3.28. The van der Waals surface area contributed by atoms with E-state index in [0.29, 0.717) is 0 Å². The highest BCUT2D eigenvalue weighted by Crippen LogP contribution is 2.27. The van der Waals surface area contributed by atoms with Gasteiger partial charge in [0.15, 0.2) is 0 Å². The molecule has 0 unspecified atom stereocenters. The lowest BCUT2D eigenvalue weighted by molar-refractivity contribution is 0.617. The lowest BCUT2D eigenvalue weighted by Gasteiger charge is -2.16. The van der Waals surface area contributed by atoms with E-state index in [4.69, 9.17) is 5.73 Å². The molecule has 0 heterocycles. The van der Waals surface area contributed by atoms with Crippen molar-refractivity contribution in [1.29, 1.82) is 0 Å². The molecule has 1 aliphatic rings. The smallest absolute Gasteiger partial charge is 0.0574 e. The molecule has 1 aromatic carbocycles. The van der Waals surface area contributed by atoms with E-state index in [0.717, 1.165) is 11.4 Å². The molecular formula is C13H20N2. The van der Waals surface area contributed by atoms with E-state index in [1.54, 1.807) is 0 Å². The van der Waals surface area contributed by atoms with Gasteiger partial charge in [-0.15, -0.1) is 0 Å². The Morgan fingerprint density at radius 1 is 1.00 bits per heavy atom. The van der Waals surface area contributed by atoms with Crippen LogP contribution in [-0.4, -0.2) is 7.05 Å². The Morgan fingerprint density at radius 2 is 1.60 bits per heavy atom. The van der Waals surface area contributed by atoms with Gasteiger partial charge in [0.2, 0.25) is 0 Å². The fourth-order valence-corrected chi connectivity index (χ4v) is 2.37. The van der Waals surface area contributed by atoms with Gasteiger partial charge in [0.25, 0.3) is 0 Å². The first-order valence-electron chi connectivity index (χ1n) is 5.90. The van der Waals surface area contributed by atoms with Gasteiger partial charge >= 0.3 is 0 Å². The van der Waals surface area contributed by atoms with Crippen molar-refractivity contribution in [3.8, 4) is 0 Å². The monoisotopic (exact) mass is 204 g/mol. The van der Waals surface area contributed by atoms with Crippen LogP contribution in [0.15, 0.2) is 12.1 Å². The number of nitrogen functional groups attached to an aromatic ring is 1. The van der Waals surface area contributed by atoms with Crippen LogP contribution in [0.4, 0.5) is 11.4 Å². The lowest BCUT2D eigenvalue weighted by atomic mass is 9.92. The van der Waals surface area contributed by atoms with Crippen LogP contribution >= 0.6 is 0 Å². The summed E-state index contributed by atoms with van der Waals surface area (Å²) in [7, 11) is 1.93. The maximum Gasteiger partial charge on any atom is 0.0574 e. The second-order valence-electron chi connectivity index (χ2n) is 4.37. The fourth-order valence-electron chi connectivity index (χ4n) is 2.37. The summed E-state index contributed by atoms with van der Waals surface area (Å²) in [5.41, 5.74) is 10.9. The summed E-state index contributed by atoms with van der Waals surface area (Å²) in [5.74, 6) is 0. The lowest BCUT2D eigenvalue weighted by Crippen LogP contribution is -2.04. The van der Waals surface area contributed by atoms with Crippen LogP contribution in [0.3, 0.4) is 0 Å². The molecule has 15 heavy (non-hydrogen) atoms. The van der Waals surface area contributed by atoms with Crippen molar-refractivity contribution in [3.05, 3.63) is 23.3 Å². The van der Waals surface area contributed by atoms with E-state index in [9.17, 15) is 0 Å². The molecule has 0 atom stereocenters. The Hall–Kier alpha value is -1.18. The highest BCUT2D eigenvalue weighted by atomic mass is 14.8. The number of rotatable bonds is 1. The van der Waals surface area contributed by atoms with Crippen LogP contribution in [0.5, 0.6) is 0 Å². The quantitative estimate of drug-likeness (QED) is 0.690. The van der Waals surface area contributed by atoms with Gasteiger partial charge in [-0.25, -0.2) is 0 Å². The topological polar surface area (TPSA) is 38.0 Å². The van der Waals surface area contributed by atoms with Gasteiger partial charge in [0.1, 0.15) is 0 Å². The Balaban J connectivity index is 2.35. The standard InChI is InChI=1S/C13H20N2/c1-15-13-9-11-7-5-3-2-4-6-10(11)8-12(13)14/h8-9,15H,2-7,14H2,1H3. The number of fused-ring (bicyclic) bond motifs is 1. The van der Waals surface area contributed by atoms with Crippen molar-refractivity contribution in [2.75, 3.05) is 18.1 Å². The van der Waals surface area contributed by atoms with Gasteiger partial charge in [0.05, 0.1) is 11.4 Å². The van der Waals surface area contributed by atoms with E-state index in [-0.39, 0.29) is 0 Å². The van der Waals surface area contributed by atoms with Crippen LogP contribution in [0.2, 0.25) is 0 Å². The first kappa shape index (κ1) is 10.3. The molecule has 1 aliphatic carbocycles. The molecule has 0 fully saturated rings. The number of nitrogens with two attached hydrogens (primary N) is 1. The van der Waals surface area contributed by atoms with Crippen LogP contribution in [0.1, 0.15) is 36.8 Å². The largest absolute Gasteiger partial charge is 0.397 e. The molecule has 82 valence electrons. The zero-order valence-electron chi connectivity index (χ0n) is 9.47.